The first-order chi connectivity index (χ1) is 13.6. The summed E-state index contributed by atoms with van der Waals surface area (Å²) in [7, 11) is 1.93. The normalized spacial score (nSPS) is 20.9. The number of aryl methyl sites for hydroxylation is 1. The molecular weight excluding hydrogens is 392 g/mol. The number of thiazole rings is 1. The first kappa shape index (κ1) is 19.1. The number of pyridine rings is 1. The lowest BCUT2D eigenvalue weighted by molar-refractivity contribution is 0.327. The molecule has 3 aromatic rings. The van der Waals surface area contributed by atoms with Gasteiger partial charge in [-0.05, 0) is 37.0 Å². The van der Waals surface area contributed by atoms with Gasteiger partial charge in [0, 0.05) is 24.8 Å². The molecule has 2 unspecified atom stereocenters. The lowest BCUT2D eigenvalue weighted by atomic mass is 9.86. The number of aromatic nitrogens is 4. The van der Waals surface area contributed by atoms with Crippen molar-refractivity contribution in [3.8, 4) is 11.4 Å². The maximum absolute atomic E-state index is 5.93. The SMILES string of the molecule is CC1CCCCC1N=c1scc(-c2ccnn2C)n1/N=C/c1ccc(Cl)cn1. The average molecular weight is 415 g/mol. The van der Waals surface area contributed by atoms with Gasteiger partial charge in [0.25, 0.3) is 0 Å². The molecule has 0 bridgehead atoms. The molecule has 4 rings (SSSR count). The third kappa shape index (κ3) is 4.10. The van der Waals surface area contributed by atoms with E-state index in [2.05, 4.69) is 22.4 Å². The summed E-state index contributed by atoms with van der Waals surface area (Å²) in [5.41, 5.74) is 2.71. The molecule has 0 radical (unpaired) electrons. The average Bonchev–Trinajstić information content (AvgIpc) is 3.29. The summed E-state index contributed by atoms with van der Waals surface area (Å²) in [6.45, 7) is 2.30. The highest BCUT2D eigenvalue weighted by Gasteiger charge is 2.21. The minimum Gasteiger partial charge on any atom is -0.266 e. The van der Waals surface area contributed by atoms with E-state index in [-0.39, 0.29) is 0 Å². The molecule has 0 aromatic carbocycles. The third-order valence-corrected chi connectivity index (χ3v) is 6.22. The highest BCUT2D eigenvalue weighted by Crippen LogP contribution is 2.26. The molecule has 6 nitrogen and oxygen atoms in total. The van der Waals surface area contributed by atoms with E-state index in [1.54, 1.807) is 29.9 Å². The van der Waals surface area contributed by atoms with Gasteiger partial charge in [0.05, 0.1) is 28.7 Å². The van der Waals surface area contributed by atoms with Crippen molar-refractivity contribution in [2.24, 2.45) is 23.1 Å². The number of rotatable bonds is 4. The maximum atomic E-state index is 5.93. The number of halogens is 1. The Hall–Kier alpha value is -2.25. The molecule has 0 aliphatic heterocycles. The van der Waals surface area contributed by atoms with Gasteiger partial charge in [-0.3, -0.25) is 14.7 Å². The Morgan fingerprint density at radius 3 is 2.79 bits per heavy atom. The van der Waals surface area contributed by atoms with Gasteiger partial charge >= 0.3 is 0 Å². The zero-order valence-corrected chi connectivity index (χ0v) is 17.6. The lowest BCUT2D eigenvalue weighted by Crippen LogP contribution is -2.25. The van der Waals surface area contributed by atoms with Crippen LogP contribution in [0, 0.1) is 5.92 Å². The van der Waals surface area contributed by atoms with E-state index >= 15 is 0 Å². The molecule has 0 spiro atoms. The molecule has 1 aliphatic rings. The standard InChI is InChI=1S/C20H23ClN6S/c1-14-5-3-4-6-17(14)25-20-27(24-12-16-8-7-15(21)11-22-16)19(13-28-20)18-9-10-23-26(18)2/h7-14,17H,3-6H2,1-2H3/b24-12+,25-20?. The Morgan fingerprint density at radius 1 is 1.21 bits per heavy atom. The molecule has 0 amide bonds. The molecule has 0 N–H and O–H groups in total. The molecule has 3 aromatic heterocycles. The van der Waals surface area contributed by atoms with E-state index in [1.807, 2.05) is 34.6 Å². The van der Waals surface area contributed by atoms with Gasteiger partial charge in [0.1, 0.15) is 5.69 Å². The van der Waals surface area contributed by atoms with E-state index in [9.17, 15) is 0 Å². The van der Waals surface area contributed by atoms with Gasteiger partial charge in [0.2, 0.25) is 4.80 Å². The molecular formula is C20H23ClN6S. The first-order valence-electron chi connectivity index (χ1n) is 9.50. The van der Waals surface area contributed by atoms with E-state index in [4.69, 9.17) is 21.7 Å². The predicted octanol–water partition coefficient (Wildman–Crippen LogP) is 4.36. The van der Waals surface area contributed by atoms with Gasteiger partial charge in [-0.25, -0.2) is 4.68 Å². The van der Waals surface area contributed by atoms with Crippen LogP contribution in [0.25, 0.3) is 11.4 Å². The van der Waals surface area contributed by atoms with Gasteiger partial charge in [-0.15, -0.1) is 11.3 Å². The Labute approximate surface area is 173 Å². The third-order valence-electron chi connectivity index (χ3n) is 5.17. The summed E-state index contributed by atoms with van der Waals surface area (Å²) >= 11 is 7.55. The molecule has 3 heterocycles. The minimum atomic E-state index is 0.349. The fraction of sp³-hybridized carbons (Fsp3) is 0.400. The molecule has 146 valence electrons. The van der Waals surface area contributed by atoms with E-state index < -0.39 is 0 Å². The van der Waals surface area contributed by atoms with Crippen LogP contribution in [0.4, 0.5) is 0 Å². The van der Waals surface area contributed by atoms with E-state index in [1.165, 1.54) is 19.3 Å². The van der Waals surface area contributed by atoms with Crippen molar-refractivity contribution in [2.75, 3.05) is 0 Å². The van der Waals surface area contributed by atoms with E-state index in [0.717, 1.165) is 28.3 Å². The smallest absolute Gasteiger partial charge is 0.206 e. The quantitative estimate of drug-likeness (QED) is 0.595. The largest absolute Gasteiger partial charge is 0.266 e. The first-order valence-corrected chi connectivity index (χ1v) is 10.8. The fourth-order valence-corrected chi connectivity index (χ4v) is 4.50. The van der Waals surface area contributed by atoms with Crippen LogP contribution < -0.4 is 4.80 Å². The zero-order chi connectivity index (χ0) is 19.5. The molecule has 8 heteroatoms. The van der Waals surface area contributed by atoms with Crippen molar-refractivity contribution in [1.82, 2.24) is 19.4 Å². The highest BCUT2D eigenvalue weighted by molar-refractivity contribution is 7.07. The topological polar surface area (TPSA) is 60.4 Å². The predicted molar refractivity (Wildman–Crippen MR) is 114 cm³/mol. The van der Waals surface area contributed by atoms with Crippen LogP contribution in [0.1, 0.15) is 38.3 Å². The second-order valence-electron chi connectivity index (χ2n) is 7.16. The summed E-state index contributed by atoms with van der Waals surface area (Å²) in [5.74, 6) is 0.603. The Bertz CT molecular complexity index is 1030. The molecule has 0 saturated heterocycles. The fourth-order valence-electron chi connectivity index (χ4n) is 3.51. The van der Waals surface area contributed by atoms with Crippen molar-refractivity contribution >= 4 is 29.2 Å². The summed E-state index contributed by atoms with van der Waals surface area (Å²) in [6, 6.07) is 6.00. The van der Waals surface area contributed by atoms with Crippen LogP contribution in [-0.2, 0) is 7.05 Å². The van der Waals surface area contributed by atoms with E-state index in [0.29, 0.717) is 17.0 Å². The van der Waals surface area contributed by atoms with Crippen LogP contribution in [0.15, 0.2) is 46.1 Å². The number of nitrogens with zero attached hydrogens (tertiary/aromatic N) is 6. The second-order valence-corrected chi connectivity index (χ2v) is 8.43. The number of hydrogen-bond donors (Lipinski definition) is 0. The summed E-state index contributed by atoms with van der Waals surface area (Å²) in [6.07, 6.45) is 10.1. The molecule has 28 heavy (non-hydrogen) atoms. The molecule has 1 fully saturated rings. The van der Waals surface area contributed by atoms with Crippen molar-refractivity contribution in [3.63, 3.8) is 0 Å². The highest BCUT2D eigenvalue weighted by atomic mass is 35.5. The molecule has 1 aliphatic carbocycles. The Morgan fingerprint density at radius 2 is 2.07 bits per heavy atom. The Kier molecular flexibility index (Phi) is 5.73. The van der Waals surface area contributed by atoms with Crippen LogP contribution in [-0.4, -0.2) is 31.7 Å². The van der Waals surface area contributed by atoms with Gasteiger partial charge in [-0.2, -0.15) is 10.2 Å². The molecule has 1 saturated carbocycles. The zero-order valence-electron chi connectivity index (χ0n) is 16.0. The van der Waals surface area contributed by atoms with Crippen LogP contribution >= 0.6 is 22.9 Å². The van der Waals surface area contributed by atoms with Crippen LogP contribution in [0.5, 0.6) is 0 Å². The second kappa shape index (κ2) is 8.41. The van der Waals surface area contributed by atoms with Gasteiger partial charge < -0.3 is 0 Å². The number of hydrogen-bond acceptors (Lipinski definition) is 5. The van der Waals surface area contributed by atoms with Crippen molar-refractivity contribution in [1.29, 1.82) is 0 Å². The molecule has 2 atom stereocenters. The van der Waals surface area contributed by atoms with Crippen LogP contribution in [0.2, 0.25) is 5.02 Å². The van der Waals surface area contributed by atoms with Gasteiger partial charge in [0.15, 0.2) is 0 Å². The monoisotopic (exact) mass is 414 g/mol. The van der Waals surface area contributed by atoms with Crippen molar-refractivity contribution < 1.29 is 0 Å². The Balaban J connectivity index is 1.77. The van der Waals surface area contributed by atoms with Crippen molar-refractivity contribution in [2.45, 2.75) is 38.6 Å². The summed E-state index contributed by atoms with van der Waals surface area (Å²) in [5, 5.41) is 11.7. The van der Waals surface area contributed by atoms with Crippen molar-refractivity contribution in [3.05, 3.63) is 51.5 Å². The van der Waals surface area contributed by atoms with Crippen LogP contribution in [0.3, 0.4) is 0 Å². The lowest BCUT2D eigenvalue weighted by Gasteiger charge is -2.24. The minimum absolute atomic E-state index is 0.349. The van der Waals surface area contributed by atoms with Gasteiger partial charge in [-0.1, -0.05) is 31.4 Å². The summed E-state index contributed by atoms with van der Waals surface area (Å²) < 4.78 is 3.75. The summed E-state index contributed by atoms with van der Waals surface area (Å²) in [4.78, 5) is 10.3. The maximum Gasteiger partial charge on any atom is 0.206 e.